The zero-order valence-electron chi connectivity index (χ0n) is 13.0. The van der Waals surface area contributed by atoms with E-state index in [0.29, 0.717) is 11.5 Å². The Balaban J connectivity index is 2.33. The van der Waals surface area contributed by atoms with Crippen molar-refractivity contribution < 1.29 is 0 Å². The van der Waals surface area contributed by atoms with Gasteiger partial charge in [0, 0.05) is 6.04 Å². The van der Waals surface area contributed by atoms with Gasteiger partial charge in [-0.3, -0.25) is 0 Å². The van der Waals surface area contributed by atoms with E-state index in [2.05, 4.69) is 20.8 Å². The van der Waals surface area contributed by atoms with Crippen LogP contribution in [0.2, 0.25) is 0 Å². The quantitative estimate of drug-likeness (QED) is 0.556. The fourth-order valence-corrected chi connectivity index (χ4v) is 3.89. The zero-order valence-corrected chi connectivity index (χ0v) is 13.0. The van der Waals surface area contributed by atoms with Gasteiger partial charge in [-0.2, -0.15) is 0 Å². The van der Waals surface area contributed by atoms with Gasteiger partial charge in [-0.1, -0.05) is 65.7 Å². The van der Waals surface area contributed by atoms with Gasteiger partial charge in [-0.15, -0.1) is 0 Å². The van der Waals surface area contributed by atoms with Crippen molar-refractivity contribution in [2.75, 3.05) is 0 Å². The highest BCUT2D eigenvalue weighted by Gasteiger charge is 2.39. The molecule has 0 radical (unpaired) electrons. The second-order valence-electron chi connectivity index (χ2n) is 6.98. The maximum Gasteiger partial charge on any atom is 0.00956 e. The summed E-state index contributed by atoms with van der Waals surface area (Å²) >= 11 is 0. The highest BCUT2D eigenvalue weighted by Crippen LogP contribution is 2.46. The van der Waals surface area contributed by atoms with Crippen LogP contribution in [0.4, 0.5) is 0 Å². The predicted molar refractivity (Wildman–Crippen MR) is 81.7 cm³/mol. The van der Waals surface area contributed by atoms with Gasteiger partial charge in [0.1, 0.15) is 0 Å². The van der Waals surface area contributed by atoms with E-state index < -0.39 is 0 Å². The largest absolute Gasteiger partial charge is 0.327 e. The molecule has 0 aromatic heterocycles. The number of unbranched alkanes of at least 4 members (excludes halogenated alkanes) is 4. The highest BCUT2D eigenvalue weighted by molar-refractivity contribution is 4.93. The van der Waals surface area contributed by atoms with E-state index in [1.807, 2.05) is 0 Å². The Hall–Kier alpha value is -0.0400. The number of hydrogen-bond acceptors (Lipinski definition) is 1. The molecule has 1 atom stereocenters. The summed E-state index contributed by atoms with van der Waals surface area (Å²) in [5.41, 5.74) is 7.08. The van der Waals surface area contributed by atoms with Crippen molar-refractivity contribution in [1.82, 2.24) is 0 Å². The van der Waals surface area contributed by atoms with Crippen LogP contribution < -0.4 is 5.73 Å². The van der Waals surface area contributed by atoms with Crippen molar-refractivity contribution >= 4 is 0 Å². The lowest BCUT2D eigenvalue weighted by Crippen LogP contribution is -2.40. The molecule has 0 spiro atoms. The van der Waals surface area contributed by atoms with Crippen molar-refractivity contribution in [3.05, 3.63) is 0 Å². The second kappa shape index (κ2) is 8.19. The summed E-state index contributed by atoms with van der Waals surface area (Å²) in [6.07, 6.45) is 15.1. The fraction of sp³-hybridized carbons (Fsp3) is 1.00. The van der Waals surface area contributed by atoms with Crippen LogP contribution in [0.25, 0.3) is 0 Å². The molecule has 1 rings (SSSR count). The summed E-state index contributed by atoms with van der Waals surface area (Å²) in [6.45, 7) is 6.99. The molecule has 1 unspecified atom stereocenters. The molecule has 0 aliphatic heterocycles. The lowest BCUT2D eigenvalue weighted by atomic mass is 9.71. The van der Waals surface area contributed by atoms with Crippen LogP contribution in [0, 0.1) is 11.3 Å². The molecule has 2 N–H and O–H groups in total. The van der Waals surface area contributed by atoms with Gasteiger partial charge in [-0.25, -0.2) is 0 Å². The molecule has 0 saturated heterocycles. The molecular formula is C17H35N. The Bertz CT molecular complexity index is 204. The van der Waals surface area contributed by atoms with Crippen LogP contribution in [0.5, 0.6) is 0 Å². The summed E-state index contributed by atoms with van der Waals surface area (Å²) in [7, 11) is 0. The minimum atomic E-state index is 0.462. The third kappa shape index (κ3) is 4.91. The van der Waals surface area contributed by atoms with E-state index >= 15 is 0 Å². The van der Waals surface area contributed by atoms with Crippen LogP contribution in [0.15, 0.2) is 0 Å². The zero-order chi connectivity index (χ0) is 13.4. The minimum Gasteiger partial charge on any atom is -0.327 e. The summed E-state index contributed by atoms with van der Waals surface area (Å²) in [6, 6.07) is 0.462. The SMILES string of the molecule is CCCCCCCC(N)C1(CC(C)C)CCCC1. The maximum atomic E-state index is 6.58. The lowest BCUT2D eigenvalue weighted by molar-refractivity contribution is 0.173. The van der Waals surface area contributed by atoms with Crippen molar-refractivity contribution in [2.45, 2.75) is 97.4 Å². The van der Waals surface area contributed by atoms with Crippen LogP contribution in [-0.4, -0.2) is 6.04 Å². The van der Waals surface area contributed by atoms with E-state index in [4.69, 9.17) is 5.73 Å². The van der Waals surface area contributed by atoms with Crippen molar-refractivity contribution in [1.29, 1.82) is 0 Å². The lowest BCUT2D eigenvalue weighted by Gasteiger charge is -2.37. The van der Waals surface area contributed by atoms with Crippen LogP contribution in [0.3, 0.4) is 0 Å². The standard InChI is InChI=1S/C17H35N/c1-4-5-6-7-8-11-16(18)17(14-15(2)3)12-9-10-13-17/h15-16H,4-14,18H2,1-3H3. The first-order chi connectivity index (χ1) is 8.60. The van der Waals surface area contributed by atoms with Gasteiger partial charge in [0.15, 0.2) is 0 Å². The third-order valence-electron chi connectivity index (χ3n) is 4.82. The monoisotopic (exact) mass is 253 g/mol. The first-order valence-corrected chi connectivity index (χ1v) is 8.36. The molecule has 1 aliphatic carbocycles. The van der Waals surface area contributed by atoms with Crippen molar-refractivity contribution in [2.24, 2.45) is 17.1 Å². The molecule has 1 aliphatic rings. The summed E-state index contributed by atoms with van der Waals surface area (Å²) in [5, 5.41) is 0. The fourth-order valence-electron chi connectivity index (χ4n) is 3.89. The molecule has 0 aromatic carbocycles. The maximum absolute atomic E-state index is 6.58. The van der Waals surface area contributed by atoms with Crippen molar-refractivity contribution in [3.8, 4) is 0 Å². The molecule has 1 saturated carbocycles. The molecular weight excluding hydrogens is 218 g/mol. The molecule has 1 nitrogen and oxygen atoms in total. The number of hydrogen-bond donors (Lipinski definition) is 1. The van der Waals surface area contributed by atoms with Crippen LogP contribution >= 0.6 is 0 Å². The summed E-state index contributed by atoms with van der Waals surface area (Å²) < 4.78 is 0. The van der Waals surface area contributed by atoms with Gasteiger partial charge in [0.2, 0.25) is 0 Å². The Morgan fingerprint density at radius 1 is 1.00 bits per heavy atom. The Morgan fingerprint density at radius 2 is 1.61 bits per heavy atom. The second-order valence-corrected chi connectivity index (χ2v) is 6.98. The third-order valence-corrected chi connectivity index (χ3v) is 4.82. The Kier molecular flexibility index (Phi) is 7.29. The minimum absolute atomic E-state index is 0.462. The normalized spacial score (nSPS) is 20.5. The van der Waals surface area contributed by atoms with E-state index in [1.54, 1.807) is 0 Å². The first kappa shape index (κ1) is 16.0. The topological polar surface area (TPSA) is 26.0 Å². The molecule has 18 heavy (non-hydrogen) atoms. The molecule has 1 heteroatoms. The molecule has 1 fully saturated rings. The van der Waals surface area contributed by atoms with Crippen LogP contribution in [-0.2, 0) is 0 Å². The Labute approximate surface area is 115 Å². The predicted octanol–water partition coefficient (Wildman–Crippen LogP) is 5.28. The summed E-state index contributed by atoms with van der Waals surface area (Å²) in [4.78, 5) is 0. The molecule has 0 amide bonds. The summed E-state index contributed by atoms with van der Waals surface area (Å²) in [5.74, 6) is 0.800. The van der Waals surface area contributed by atoms with E-state index in [9.17, 15) is 0 Å². The van der Waals surface area contributed by atoms with Crippen molar-refractivity contribution in [3.63, 3.8) is 0 Å². The molecule has 0 bridgehead atoms. The molecule has 108 valence electrons. The van der Waals surface area contributed by atoms with E-state index in [0.717, 1.165) is 5.92 Å². The Morgan fingerprint density at radius 3 is 2.17 bits per heavy atom. The highest BCUT2D eigenvalue weighted by atomic mass is 14.7. The average Bonchev–Trinajstić information content (AvgIpc) is 2.77. The number of nitrogens with two attached hydrogens (primary N) is 1. The first-order valence-electron chi connectivity index (χ1n) is 8.36. The smallest absolute Gasteiger partial charge is 0.00956 e. The van der Waals surface area contributed by atoms with Gasteiger partial charge in [0.25, 0.3) is 0 Å². The average molecular weight is 253 g/mol. The molecule has 0 heterocycles. The number of rotatable bonds is 9. The van der Waals surface area contributed by atoms with E-state index in [1.165, 1.54) is 70.6 Å². The van der Waals surface area contributed by atoms with Gasteiger partial charge >= 0.3 is 0 Å². The van der Waals surface area contributed by atoms with E-state index in [-0.39, 0.29) is 0 Å². The van der Waals surface area contributed by atoms with Crippen LogP contribution in [0.1, 0.15) is 91.4 Å². The molecule has 0 aromatic rings. The van der Waals surface area contributed by atoms with Gasteiger partial charge in [-0.05, 0) is 37.0 Å². The van der Waals surface area contributed by atoms with Gasteiger partial charge < -0.3 is 5.73 Å². The van der Waals surface area contributed by atoms with Gasteiger partial charge in [0.05, 0.1) is 0 Å².